The molecule has 0 aliphatic heterocycles. The van der Waals surface area contributed by atoms with Gasteiger partial charge in [0.2, 0.25) is 0 Å². The number of halogens is 6. The molecular formula is C27H36F6O3. The maximum Gasteiger partial charge on any atom is 0.426 e. The van der Waals surface area contributed by atoms with Crippen molar-refractivity contribution in [2.24, 2.45) is 17.3 Å². The van der Waals surface area contributed by atoms with Crippen LogP contribution in [0.4, 0.5) is 26.3 Å². The quantitative estimate of drug-likeness (QED) is 0.268. The molecule has 0 aromatic heterocycles. The summed E-state index contributed by atoms with van der Waals surface area (Å²) in [6, 6.07) is 0. The van der Waals surface area contributed by atoms with Crippen molar-refractivity contribution in [3.8, 4) is 0 Å². The maximum absolute atomic E-state index is 13.0. The summed E-state index contributed by atoms with van der Waals surface area (Å²) in [5.74, 6) is -0.0404. The lowest BCUT2D eigenvalue weighted by atomic mass is 9.62. The first kappa shape index (κ1) is 29.0. The average molecular weight is 523 g/mol. The Kier molecular flexibility index (Phi) is 8.29. The van der Waals surface area contributed by atoms with E-state index in [2.05, 4.69) is 19.6 Å². The Balaban J connectivity index is 1.70. The van der Waals surface area contributed by atoms with Gasteiger partial charge in [-0.25, -0.2) is 0 Å². The van der Waals surface area contributed by atoms with Crippen LogP contribution < -0.4 is 0 Å². The van der Waals surface area contributed by atoms with Crippen LogP contribution in [0.15, 0.2) is 47.1 Å². The van der Waals surface area contributed by atoms with Crippen LogP contribution >= 0.6 is 0 Å². The molecule has 3 aliphatic rings. The zero-order valence-corrected chi connectivity index (χ0v) is 20.7. The Morgan fingerprint density at radius 1 is 1.14 bits per heavy atom. The second-order valence-electron chi connectivity index (χ2n) is 10.9. The second-order valence-corrected chi connectivity index (χ2v) is 10.9. The number of fused-ring (bicyclic) bond motifs is 1. The molecule has 5 atom stereocenters. The van der Waals surface area contributed by atoms with Crippen molar-refractivity contribution >= 4 is 0 Å². The Bertz CT molecular complexity index is 915. The van der Waals surface area contributed by atoms with Gasteiger partial charge in [0.1, 0.15) is 0 Å². The topological polar surface area (TPSA) is 60.7 Å². The maximum atomic E-state index is 13.0. The van der Waals surface area contributed by atoms with Gasteiger partial charge in [0.15, 0.2) is 0 Å². The highest BCUT2D eigenvalue weighted by atomic mass is 19.4. The first-order valence-electron chi connectivity index (χ1n) is 12.5. The van der Waals surface area contributed by atoms with Crippen molar-refractivity contribution in [3.63, 3.8) is 0 Å². The van der Waals surface area contributed by atoms with Crippen LogP contribution in [0.25, 0.3) is 0 Å². The Morgan fingerprint density at radius 2 is 1.78 bits per heavy atom. The molecule has 0 bridgehead atoms. The minimum absolute atomic E-state index is 0.112. The number of aliphatic hydroxyl groups is 3. The molecule has 3 nitrogen and oxygen atoms in total. The molecule has 0 amide bonds. The van der Waals surface area contributed by atoms with E-state index in [1.165, 1.54) is 5.57 Å². The Hall–Kier alpha value is -1.58. The molecule has 0 saturated heterocycles. The molecule has 0 aromatic rings. The third-order valence-electron chi connectivity index (χ3n) is 8.52. The lowest BCUT2D eigenvalue weighted by Crippen LogP contribution is -2.56. The molecule has 9 heteroatoms. The summed E-state index contributed by atoms with van der Waals surface area (Å²) in [7, 11) is 0. The molecule has 0 aromatic carbocycles. The molecule has 3 rings (SSSR count). The van der Waals surface area contributed by atoms with Gasteiger partial charge in [-0.05, 0) is 79.8 Å². The van der Waals surface area contributed by atoms with Crippen molar-refractivity contribution in [2.45, 2.75) is 102 Å². The van der Waals surface area contributed by atoms with Crippen molar-refractivity contribution in [2.75, 3.05) is 0 Å². The number of allylic oxidation sites excluding steroid dienone is 5. The first-order chi connectivity index (χ1) is 16.5. The summed E-state index contributed by atoms with van der Waals surface area (Å²) >= 11 is 0. The average Bonchev–Trinajstić information content (AvgIpc) is 3.11. The number of hydrogen-bond donors (Lipinski definition) is 3. The smallest absolute Gasteiger partial charge is 0.393 e. The Morgan fingerprint density at radius 3 is 2.39 bits per heavy atom. The number of rotatable bonds is 6. The SMILES string of the molecule is C=C1/C(=C\C=C2\CCC[C@]3(C)C([C@H](C)CCCC(O)(C(F)(F)F)C(F)(F)F)=CC[C@@H]23)C[C@@H](O)C[C@@H]1O. The summed E-state index contributed by atoms with van der Waals surface area (Å²) in [6.45, 7) is 7.88. The summed E-state index contributed by atoms with van der Waals surface area (Å²) in [4.78, 5) is 0. The molecule has 3 N–H and O–H groups in total. The van der Waals surface area contributed by atoms with Crippen LogP contribution in [0, 0.1) is 17.3 Å². The highest BCUT2D eigenvalue weighted by molar-refractivity contribution is 5.40. The van der Waals surface area contributed by atoms with Crippen molar-refractivity contribution in [3.05, 3.63) is 47.1 Å². The summed E-state index contributed by atoms with van der Waals surface area (Å²) in [5.41, 5.74) is -1.26. The molecule has 36 heavy (non-hydrogen) atoms. The molecule has 0 heterocycles. The normalized spacial score (nSPS) is 33.1. The molecule has 204 valence electrons. The van der Waals surface area contributed by atoms with Gasteiger partial charge in [-0.15, -0.1) is 0 Å². The lowest BCUT2D eigenvalue weighted by Gasteiger charge is -2.43. The lowest BCUT2D eigenvalue weighted by molar-refractivity contribution is -0.370. The van der Waals surface area contributed by atoms with Crippen LogP contribution in [0.2, 0.25) is 0 Å². The van der Waals surface area contributed by atoms with Crippen LogP contribution in [-0.4, -0.2) is 45.5 Å². The molecule has 2 fully saturated rings. The van der Waals surface area contributed by atoms with Gasteiger partial charge >= 0.3 is 12.4 Å². The van der Waals surface area contributed by atoms with E-state index in [1.807, 2.05) is 19.1 Å². The molecule has 0 unspecified atom stereocenters. The van der Waals surface area contributed by atoms with E-state index >= 15 is 0 Å². The summed E-state index contributed by atoms with van der Waals surface area (Å²) in [6.07, 6.45) is -4.59. The van der Waals surface area contributed by atoms with E-state index in [0.717, 1.165) is 36.8 Å². The van der Waals surface area contributed by atoms with Crippen LogP contribution in [0.1, 0.15) is 71.6 Å². The van der Waals surface area contributed by atoms with Crippen molar-refractivity contribution in [1.82, 2.24) is 0 Å². The minimum Gasteiger partial charge on any atom is -0.393 e. The predicted molar refractivity (Wildman–Crippen MR) is 125 cm³/mol. The van der Waals surface area contributed by atoms with Gasteiger partial charge in [-0.1, -0.05) is 49.8 Å². The molecule has 0 spiro atoms. The van der Waals surface area contributed by atoms with Gasteiger partial charge < -0.3 is 15.3 Å². The highest BCUT2D eigenvalue weighted by Gasteiger charge is 2.69. The fourth-order valence-corrected chi connectivity index (χ4v) is 6.34. The Labute approximate surface area is 208 Å². The zero-order valence-electron chi connectivity index (χ0n) is 20.7. The van der Waals surface area contributed by atoms with E-state index in [9.17, 15) is 41.7 Å². The largest absolute Gasteiger partial charge is 0.426 e. The fourth-order valence-electron chi connectivity index (χ4n) is 6.34. The van der Waals surface area contributed by atoms with Gasteiger partial charge in [-0.3, -0.25) is 0 Å². The summed E-state index contributed by atoms with van der Waals surface area (Å²) in [5, 5.41) is 29.5. The van der Waals surface area contributed by atoms with Crippen LogP contribution in [-0.2, 0) is 0 Å². The summed E-state index contributed by atoms with van der Waals surface area (Å²) < 4.78 is 78.0. The number of alkyl halides is 6. The molecule has 0 radical (unpaired) electrons. The van der Waals surface area contributed by atoms with E-state index in [0.29, 0.717) is 12.0 Å². The van der Waals surface area contributed by atoms with Gasteiger partial charge in [0.05, 0.1) is 12.2 Å². The third-order valence-corrected chi connectivity index (χ3v) is 8.52. The van der Waals surface area contributed by atoms with E-state index in [1.54, 1.807) is 0 Å². The van der Waals surface area contributed by atoms with E-state index < -0.39 is 43.0 Å². The number of aliphatic hydroxyl groups excluding tert-OH is 2. The fraction of sp³-hybridized carbons (Fsp3) is 0.704. The molecule has 2 saturated carbocycles. The highest BCUT2D eigenvalue weighted by Crippen LogP contribution is 2.57. The standard InChI is InChI=1S/C27H36F6O3/c1-16(6-4-13-25(36,26(28,29)30)27(31,32)33)21-10-11-22-18(7-5-12-24(21,22)3)8-9-19-14-20(34)15-23(35)17(19)2/h8-10,16,20,22-23,34-36H,2,4-7,11-15H2,1,3H3/b18-8-,19-9-/t16-,20-,22+,23+,24-/m1/s1. The second kappa shape index (κ2) is 10.3. The van der Waals surface area contributed by atoms with Gasteiger partial charge in [-0.2, -0.15) is 26.3 Å². The monoisotopic (exact) mass is 522 g/mol. The molecular weight excluding hydrogens is 486 g/mol. The third kappa shape index (κ3) is 5.48. The van der Waals surface area contributed by atoms with Crippen LogP contribution in [0.5, 0.6) is 0 Å². The van der Waals surface area contributed by atoms with E-state index in [4.69, 9.17) is 0 Å². The van der Waals surface area contributed by atoms with Crippen molar-refractivity contribution < 1.29 is 41.7 Å². The zero-order chi connectivity index (χ0) is 27.1. The number of hydrogen-bond acceptors (Lipinski definition) is 3. The predicted octanol–water partition coefficient (Wildman–Crippen LogP) is 6.71. The molecule has 3 aliphatic carbocycles. The first-order valence-corrected chi connectivity index (χ1v) is 12.5. The van der Waals surface area contributed by atoms with Gasteiger partial charge in [0, 0.05) is 6.42 Å². The van der Waals surface area contributed by atoms with Crippen molar-refractivity contribution in [1.29, 1.82) is 0 Å². The minimum atomic E-state index is -5.79. The van der Waals surface area contributed by atoms with E-state index in [-0.39, 0.29) is 30.1 Å². The van der Waals surface area contributed by atoms with Crippen LogP contribution in [0.3, 0.4) is 0 Å². The van der Waals surface area contributed by atoms with Gasteiger partial charge in [0.25, 0.3) is 5.60 Å².